The minimum Gasteiger partial charge on any atom is -0.378 e. The van der Waals surface area contributed by atoms with Gasteiger partial charge in [0, 0.05) is 31.0 Å². The molecule has 1 fully saturated rings. The average Bonchev–Trinajstić information content (AvgIpc) is 2.95. The minimum atomic E-state index is -0.549. The largest absolute Gasteiger partial charge is 0.378 e. The second-order valence-corrected chi connectivity index (χ2v) is 8.73. The first-order chi connectivity index (χ1) is 18.5. The Balaban J connectivity index is 1.22. The smallest absolute Gasteiger partial charge is 0.288 e. The van der Waals surface area contributed by atoms with Gasteiger partial charge in [-0.05, 0) is 42.8 Å². The second-order valence-electron chi connectivity index (χ2n) is 8.32. The number of hydrazine groups is 1. The van der Waals surface area contributed by atoms with Crippen LogP contribution in [-0.2, 0) is 4.74 Å². The van der Waals surface area contributed by atoms with Crippen LogP contribution in [0.2, 0.25) is 5.02 Å². The summed E-state index contributed by atoms with van der Waals surface area (Å²) < 4.78 is 19.5. The van der Waals surface area contributed by atoms with Gasteiger partial charge in [-0.25, -0.2) is 24.3 Å². The van der Waals surface area contributed by atoms with Gasteiger partial charge >= 0.3 is 0 Å². The third kappa shape index (κ3) is 5.76. The van der Waals surface area contributed by atoms with Crippen LogP contribution >= 0.6 is 11.6 Å². The summed E-state index contributed by atoms with van der Waals surface area (Å²) in [4.78, 5) is 35.1. The molecule has 0 radical (unpaired) electrons. The number of ether oxygens (including phenoxy) is 1. The molecule has 4 heterocycles. The molecule has 0 bridgehead atoms. The van der Waals surface area contributed by atoms with E-state index < -0.39 is 11.7 Å². The van der Waals surface area contributed by atoms with E-state index in [1.54, 1.807) is 41.6 Å². The molecule has 3 aromatic heterocycles. The van der Waals surface area contributed by atoms with E-state index in [1.807, 2.05) is 13.0 Å². The molecule has 0 saturated carbocycles. The molecule has 0 atom stereocenters. The number of benzene rings is 1. The van der Waals surface area contributed by atoms with Gasteiger partial charge in [0.2, 0.25) is 5.95 Å². The molecule has 1 aromatic carbocycles. The number of carbonyl (C=O) groups is 1. The van der Waals surface area contributed by atoms with E-state index in [-0.39, 0.29) is 17.5 Å². The van der Waals surface area contributed by atoms with E-state index in [1.165, 1.54) is 6.20 Å². The first-order valence-corrected chi connectivity index (χ1v) is 12.1. The summed E-state index contributed by atoms with van der Waals surface area (Å²) in [6, 6.07) is 8.73. The van der Waals surface area contributed by atoms with Gasteiger partial charge in [0.15, 0.2) is 17.5 Å². The number of hydrogen-bond donors (Lipinski definition) is 3. The fourth-order valence-corrected chi connectivity index (χ4v) is 4.13. The number of nitrogens with zero attached hydrogens (tertiary/aromatic N) is 6. The number of pyridine rings is 1. The highest BCUT2D eigenvalue weighted by molar-refractivity contribution is 6.33. The molecule has 194 valence electrons. The van der Waals surface area contributed by atoms with Crippen LogP contribution in [0.4, 0.5) is 27.5 Å². The average molecular weight is 536 g/mol. The standard InChI is InChI=1S/C25H23ClFN9O2/c1-15-11-16(22-28-5-2-6-29-22)12-18(26)21(15)32-17-3-4-20(30-13-17)24(37)34-35-25-31-14-19(27)23(33-25)36-7-9-38-10-8-36/h2-6,11-14,32H,7-10H2,1H3,(H,34,37)(H,31,33,35). The van der Waals surface area contributed by atoms with Crippen molar-refractivity contribution < 1.29 is 13.9 Å². The van der Waals surface area contributed by atoms with E-state index in [2.05, 4.69) is 41.1 Å². The summed E-state index contributed by atoms with van der Waals surface area (Å²) in [5, 5.41) is 3.73. The number of halogens is 2. The molecule has 0 spiro atoms. The van der Waals surface area contributed by atoms with Crippen LogP contribution in [0, 0.1) is 12.7 Å². The third-order valence-electron chi connectivity index (χ3n) is 5.70. The number of anilines is 4. The molecule has 1 aliphatic rings. The highest BCUT2D eigenvalue weighted by atomic mass is 35.5. The molecule has 38 heavy (non-hydrogen) atoms. The SMILES string of the molecule is Cc1cc(-c2ncccn2)cc(Cl)c1Nc1ccc(C(=O)NNc2ncc(F)c(N3CCOCC3)n2)nc1. The fraction of sp³-hybridized carbons (Fsp3) is 0.200. The number of nitrogens with one attached hydrogen (secondary N) is 3. The Labute approximate surface area is 222 Å². The van der Waals surface area contributed by atoms with E-state index in [0.717, 1.165) is 17.3 Å². The molecular weight excluding hydrogens is 513 g/mol. The van der Waals surface area contributed by atoms with Gasteiger partial charge in [-0.2, -0.15) is 4.98 Å². The van der Waals surface area contributed by atoms with Crippen LogP contribution in [0.3, 0.4) is 0 Å². The molecular formula is C25H23ClFN9O2. The Morgan fingerprint density at radius 1 is 1.08 bits per heavy atom. The molecule has 3 N–H and O–H groups in total. The lowest BCUT2D eigenvalue weighted by Gasteiger charge is -2.28. The van der Waals surface area contributed by atoms with Crippen molar-refractivity contribution in [3.63, 3.8) is 0 Å². The second kappa shape index (κ2) is 11.3. The normalized spacial score (nSPS) is 13.2. The van der Waals surface area contributed by atoms with Crippen molar-refractivity contribution in [2.75, 3.05) is 41.9 Å². The Kier molecular flexibility index (Phi) is 7.52. The molecule has 0 aliphatic carbocycles. The van der Waals surface area contributed by atoms with E-state index >= 15 is 0 Å². The van der Waals surface area contributed by atoms with E-state index in [9.17, 15) is 9.18 Å². The molecule has 0 unspecified atom stereocenters. The topological polar surface area (TPSA) is 130 Å². The van der Waals surface area contributed by atoms with E-state index in [0.29, 0.717) is 48.5 Å². The zero-order chi connectivity index (χ0) is 26.5. The van der Waals surface area contributed by atoms with Gasteiger partial charge in [-0.1, -0.05) is 11.6 Å². The maximum absolute atomic E-state index is 14.2. The van der Waals surface area contributed by atoms with Crippen molar-refractivity contribution in [2.24, 2.45) is 0 Å². The van der Waals surface area contributed by atoms with Gasteiger partial charge in [-0.15, -0.1) is 0 Å². The number of aryl methyl sites for hydroxylation is 1. The van der Waals surface area contributed by atoms with Crippen LogP contribution in [0.1, 0.15) is 16.1 Å². The minimum absolute atomic E-state index is 0.0500. The van der Waals surface area contributed by atoms with Gasteiger partial charge in [0.05, 0.1) is 42.0 Å². The molecule has 11 nitrogen and oxygen atoms in total. The molecule has 5 rings (SSSR count). The highest BCUT2D eigenvalue weighted by Crippen LogP contribution is 2.33. The number of hydrogen-bond acceptors (Lipinski definition) is 10. The number of morpholine rings is 1. The Morgan fingerprint density at radius 2 is 1.87 bits per heavy atom. The van der Waals surface area contributed by atoms with Crippen LogP contribution < -0.4 is 21.1 Å². The van der Waals surface area contributed by atoms with Crippen LogP contribution in [0.25, 0.3) is 11.4 Å². The van der Waals surface area contributed by atoms with Crippen molar-refractivity contribution >= 4 is 40.6 Å². The third-order valence-corrected chi connectivity index (χ3v) is 6.00. The quantitative estimate of drug-likeness (QED) is 0.301. The highest BCUT2D eigenvalue weighted by Gasteiger charge is 2.18. The van der Waals surface area contributed by atoms with Gasteiger partial charge in [-0.3, -0.25) is 15.6 Å². The van der Waals surface area contributed by atoms with Crippen LogP contribution in [0.5, 0.6) is 0 Å². The first kappa shape index (κ1) is 25.2. The van der Waals surface area contributed by atoms with E-state index in [4.69, 9.17) is 16.3 Å². The molecule has 1 aliphatic heterocycles. The molecule has 4 aromatic rings. The Bertz CT molecular complexity index is 1410. The summed E-state index contributed by atoms with van der Waals surface area (Å²) in [6.45, 7) is 3.92. The zero-order valence-corrected chi connectivity index (χ0v) is 21.0. The van der Waals surface area contributed by atoms with Gasteiger partial charge in [0.25, 0.3) is 5.91 Å². The first-order valence-electron chi connectivity index (χ1n) is 11.7. The Morgan fingerprint density at radius 3 is 2.58 bits per heavy atom. The summed E-state index contributed by atoms with van der Waals surface area (Å²) in [5.74, 6) is -0.287. The lowest BCUT2D eigenvalue weighted by molar-refractivity contribution is 0.0957. The van der Waals surface area contributed by atoms with Crippen molar-refractivity contribution in [1.82, 2.24) is 30.3 Å². The maximum Gasteiger partial charge on any atom is 0.288 e. The fourth-order valence-electron chi connectivity index (χ4n) is 3.82. The van der Waals surface area contributed by atoms with Crippen molar-refractivity contribution in [1.29, 1.82) is 0 Å². The predicted molar refractivity (Wildman–Crippen MR) is 141 cm³/mol. The number of amides is 1. The molecule has 1 amide bonds. The van der Waals surface area contributed by atoms with Gasteiger partial charge < -0.3 is 15.0 Å². The van der Waals surface area contributed by atoms with Gasteiger partial charge in [0.1, 0.15) is 5.69 Å². The van der Waals surface area contributed by atoms with Crippen LogP contribution in [0.15, 0.2) is 55.1 Å². The monoisotopic (exact) mass is 535 g/mol. The lowest BCUT2D eigenvalue weighted by atomic mass is 10.1. The summed E-state index contributed by atoms with van der Waals surface area (Å²) >= 11 is 6.53. The van der Waals surface area contributed by atoms with Crippen molar-refractivity contribution in [3.05, 3.63) is 77.2 Å². The zero-order valence-electron chi connectivity index (χ0n) is 20.3. The Hall–Kier alpha value is -4.42. The lowest BCUT2D eigenvalue weighted by Crippen LogP contribution is -2.38. The number of aromatic nitrogens is 5. The predicted octanol–water partition coefficient (Wildman–Crippen LogP) is 3.77. The summed E-state index contributed by atoms with van der Waals surface area (Å²) in [5.41, 5.74) is 8.28. The van der Waals surface area contributed by atoms with Crippen molar-refractivity contribution in [3.8, 4) is 11.4 Å². The van der Waals surface area contributed by atoms with Crippen LogP contribution in [-0.4, -0.2) is 57.1 Å². The summed E-state index contributed by atoms with van der Waals surface area (Å²) in [7, 11) is 0. The van der Waals surface area contributed by atoms with Crippen molar-refractivity contribution in [2.45, 2.75) is 6.92 Å². The number of carbonyl (C=O) groups excluding carboxylic acids is 1. The molecule has 13 heteroatoms. The summed E-state index contributed by atoms with van der Waals surface area (Å²) in [6.07, 6.45) is 5.92. The molecule has 1 saturated heterocycles. The number of rotatable bonds is 7. The maximum atomic E-state index is 14.2.